The highest BCUT2D eigenvalue weighted by atomic mass is 16.4. The first-order valence-corrected chi connectivity index (χ1v) is 7.01. The molecule has 1 saturated heterocycles. The zero-order chi connectivity index (χ0) is 14.0. The van der Waals surface area contributed by atoms with Crippen LogP contribution in [0.4, 0.5) is 5.82 Å². The fourth-order valence-electron chi connectivity index (χ4n) is 3.13. The average molecular weight is 273 g/mol. The van der Waals surface area contributed by atoms with E-state index in [0.29, 0.717) is 5.41 Å². The Morgan fingerprint density at radius 2 is 2.20 bits per heavy atom. The van der Waals surface area contributed by atoms with E-state index in [1.165, 1.54) is 18.4 Å². The lowest BCUT2D eigenvalue weighted by Gasteiger charge is -2.41. The van der Waals surface area contributed by atoms with Crippen LogP contribution in [0.2, 0.25) is 0 Å². The number of carboxylic acid groups (broad SMARTS) is 1. The quantitative estimate of drug-likeness (QED) is 0.712. The summed E-state index contributed by atoms with van der Waals surface area (Å²) < 4.78 is 0. The summed E-state index contributed by atoms with van der Waals surface area (Å²) in [6, 6.07) is 2.05. The van der Waals surface area contributed by atoms with Gasteiger partial charge in [-0.2, -0.15) is 0 Å². The third kappa shape index (κ3) is 2.67. The predicted molar refractivity (Wildman–Crippen MR) is 77.6 cm³/mol. The van der Waals surface area contributed by atoms with Gasteiger partial charge in [-0.3, -0.25) is 0 Å². The molecule has 0 saturated carbocycles. The Morgan fingerprint density at radius 3 is 2.95 bits per heavy atom. The summed E-state index contributed by atoms with van der Waals surface area (Å²) in [7, 11) is 0. The number of fused-ring (bicyclic) bond motifs is 1. The van der Waals surface area contributed by atoms with Crippen molar-refractivity contribution in [3.63, 3.8) is 0 Å². The van der Waals surface area contributed by atoms with E-state index in [1.54, 1.807) is 12.3 Å². The number of anilines is 1. The van der Waals surface area contributed by atoms with Crippen molar-refractivity contribution >= 4 is 17.9 Å². The molecular formula is C15H19N3O2. The number of hydrogen-bond acceptors (Lipinski definition) is 4. The Labute approximate surface area is 118 Å². The summed E-state index contributed by atoms with van der Waals surface area (Å²) in [5.41, 5.74) is 2.37. The first-order chi connectivity index (χ1) is 9.67. The van der Waals surface area contributed by atoms with Crippen LogP contribution in [0.5, 0.6) is 0 Å². The molecule has 0 amide bonds. The number of hydrogen-bond donors (Lipinski definition) is 3. The standard InChI is InChI=1S/C15H19N3O2/c19-13(20)2-1-11-7-12-8-15(3-5-16-6-4-15)10-18-14(12)17-9-11/h1-2,7,9,16H,3-6,8,10H2,(H,17,18)(H,19,20). The minimum Gasteiger partial charge on any atom is -0.478 e. The molecule has 0 atom stereocenters. The van der Waals surface area contributed by atoms with Gasteiger partial charge < -0.3 is 15.7 Å². The topological polar surface area (TPSA) is 74.2 Å². The molecule has 2 aliphatic rings. The summed E-state index contributed by atoms with van der Waals surface area (Å²) in [6.07, 6.45) is 7.84. The number of rotatable bonds is 2. The van der Waals surface area contributed by atoms with Crippen molar-refractivity contribution in [3.8, 4) is 0 Å². The molecule has 5 nitrogen and oxygen atoms in total. The Bertz CT molecular complexity index is 548. The Balaban J connectivity index is 1.83. The zero-order valence-electron chi connectivity index (χ0n) is 11.4. The van der Waals surface area contributed by atoms with E-state index in [-0.39, 0.29) is 0 Å². The number of carbonyl (C=O) groups is 1. The van der Waals surface area contributed by atoms with Crippen LogP contribution in [0.1, 0.15) is 24.0 Å². The van der Waals surface area contributed by atoms with Gasteiger partial charge in [0.1, 0.15) is 5.82 Å². The normalized spacial score (nSPS) is 20.6. The number of aliphatic carboxylic acids is 1. The fraction of sp³-hybridized carbons (Fsp3) is 0.467. The minimum absolute atomic E-state index is 0.328. The van der Waals surface area contributed by atoms with Crippen LogP contribution < -0.4 is 10.6 Å². The lowest BCUT2D eigenvalue weighted by Crippen LogP contribution is -2.44. The van der Waals surface area contributed by atoms with Gasteiger partial charge in [-0.1, -0.05) is 0 Å². The van der Waals surface area contributed by atoms with E-state index < -0.39 is 5.97 Å². The van der Waals surface area contributed by atoms with Gasteiger partial charge in [-0.05, 0) is 61.0 Å². The Morgan fingerprint density at radius 1 is 1.40 bits per heavy atom. The van der Waals surface area contributed by atoms with Crippen LogP contribution in [-0.2, 0) is 11.2 Å². The second-order valence-electron chi connectivity index (χ2n) is 5.73. The smallest absolute Gasteiger partial charge is 0.328 e. The number of pyridine rings is 1. The lowest BCUT2D eigenvalue weighted by molar-refractivity contribution is -0.131. The van der Waals surface area contributed by atoms with Gasteiger partial charge in [0.25, 0.3) is 0 Å². The summed E-state index contributed by atoms with van der Waals surface area (Å²) >= 11 is 0. The number of piperidine rings is 1. The van der Waals surface area contributed by atoms with Crippen molar-refractivity contribution in [2.75, 3.05) is 25.0 Å². The van der Waals surface area contributed by atoms with E-state index in [9.17, 15) is 4.79 Å². The van der Waals surface area contributed by atoms with E-state index in [1.807, 2.05) is 0 Å². The van der Waals surface area contributed by atoms with Gasteiger partial charge in [-0.15, -0.1) is 0 Å². The third-order valence-electron chi connectivity index (χ3n) is 4.27. The lowest BCUT2D eigenvalue weighted by atomic mass is 9.72. The molecule has 3 heterocycles. The monoisotopic (exact) mass is 273 g/mol. The molecule has 0 bridgehead atoms. The third-order valence-corrected chi connectivity index (χ3v) is 4.27. The van der Waals surface area contributed by atoms with Crippen molar-refractivity contribution in [3.05, 3.63) is 29.5 Å². The van der Waals surface area contributed by atoms with E-state index >= 15 is 0 Å². The van der Waals surface area contributed by atoms with Crippen LogP contribution in [0.15, 0.2) is 18.3 Å². The van der Waals surface area contributed by atoms with Crippen molar-refractivity contribution in [1.29, 1.82) is 0 Å². The summed E-state index contributed by atoms with van der Waals surface area (Å²) in [6.45, 7) is 3.13. The average Bonchev–Trinajstić information content (AvgIpc) is 2.45. The summed E-state index contributed by atoms with van der Waals surface area (Å²) in [4.78, 5) is 15.0. The molecule has 2 aliphatic heterocycles. The Hall–Kier alpha value is -1.88. The second kappa shape index (κ2) is 5.25. The molecule has 0 aromatic carbocycles. The molecule has 3 rings (SSSR count). The molecule has 1 aromatic rings. The Kier molecular flexibility index (Phi) is 3.44. The van der Waals surface area contributed by atoms with Crippen LogP contribution >= 0.6 is 0 Å². The van der Waals surface area contributed by atoms with Crippen molar-refractivity contribution in [1.82, 2.24) is 10.3 Å². The van der Waals surface area contributed by atoms with Crippen LogP contribution in [0.25, 0.3) is 6.08 Å². The molecular weight excluding hydrogens is 254 g/mol. The van der Waals surface area contributed by atoms with E-state index in [4.69, 9.17) is 5.11 Å². The molecule has 0 aliphatic carbocycles. The number of aromatic nitrogens is 1. The maximum Gasteiger partial charge on any atom is 0.328 e. The van der Waals surface area contributed by atoms with Crippen LogP contribution in [0, 0.1) is 5.41 Å². The number of nitrogens with zero attached hydrogens (tertiary/aromatic N) is 1. The molecule has 0 unspecified atom stereocenters. The van der Waals surface area contributed by atoms with Crippen molar-refractivity contribution < 1.29 is 9.90 Å². The predicted octanol–water partition coefficient (Wildman–Crippen LogP) is 1.52. The van der Waals surface area contributed by atoms with Gasteiger partial charge >= 0.3 is 5.97 Å². The molecule has 1 fully saturated rings. The summed E-state index contributed by atoms with van der Waals surface area (Å²) in [5, 5.41) is 15.5. The highest BCUT2D eigenvalue weighted by molar-refractivity contribution is 5.85. The van der Waals surface area contributed by atoms with Crippen molar-refractivity contribution in [2.45, 2.75) is 19.3 Å². The first kappa shape index (κ1) is 13.1. The molecule has 3 N–H and O–H groups in total. The molecule has 0 radical (unpaired) electrons. The molecule has 1 aromatic heterocycles. The SMILES string of the molecule is O=C(O)C=Cc1cnc2c(c1)CC1(CCNCC1)CN2. The summed E-state index contributed by atoms with van der Waals surface area (Å²) in [5.74, 6) is 0.0114. The van der Waals surface area contributed by atoms with Gasteiger partial charge in [0.15, 0.2) is 0 Å². The molecule has 20 heavy (non-hydrogen) atoms. The van der Waals surface area contributed by atoms with Gasteiger partial charge in [0, 0.05) is 18.8 Å². The van der Waals surface area contributed by atoms with Gasteiger partial charge in [0.05, 0.1) is 0 Å². The highest BCUT2D eigenvalue weighted by Crippen LogP contribution is 2.38. The van der Waals surface area contributed by atoms with Gasteiger partial charge in [-0.25, -0.2) is 9.78 Å². The van der Waals surface area contributed by atoms with Crippen LogP contribution in [-0.4, -0.2) is 35.7 Å². The zero-order valence-corrected chi connectivity index (χ0v) is 11.4. The minimum atomic E-state index is -0.935. The maximum absolute atomic E-state index is 10.6. The second-order valence-corrected chi connectivity index (χ2v) is 5.73. The van der Waals surface area contributed by atoms with Gasteiger partial charge in [0.2, 0.25) is 0 Å². The van der Waals surface area contributed by atoms with Crippen molar-refractivity contribution in [2.24, 2.45) is 5.41 Å². The number of nitrogens with one attached hydrogen (secondary N) is 2. The highest BCUT2D eigenvalue weighted by Gasteiger charge is 2.35. The first-order valence-electron chi connectivity index (χ1n) is 7.01. The maximum atomic E-state index is 10.6. The number of carboxylic acids is 1. The fourth-order valence-corrected chi connectivity index (χ4v) is 3.13. The molecule has 106 valence electrons. The van der Waals surface area contributed by atoms with E-state index in [0.717, 1.165) is 43.5 Å². The van der Waals surface area contributed by atoms with Crippen LogP contribution in [0.3, 0.4) is 0 Å². The molecule has 1 spiro atoms. The largest absolute Gasteiger partial charge is 0.478 e. The molecule has 5 heteroatoms. The van der Waals surface area contributed by atoms with E-state index in [2.05, 4.69) is 21.7 Å².